The summed E-state index contributed by atoms with van der Waals surface area (Å²) < 4.78 is 42.4. The highest BCUT2D eigenvalue weighted by Crippen LogP contribution is 2.52. The molecule has 0 unspecified atom stereocenters. The highest BCUT2D eigenvalue weighted by molar-refractivity contribution is 7.53. The molecule has 0 aromatic heterocycles. The number of nitrogens with zero attached hydrogens (tertiary/aromatic N) is 1. The number of methoxy groups -OCH3 is 2. The molecule has 0 fully saturated rings. The van der Waals surface area contributed by atoms with E-state index in [4.69, 9.17) is 34.9 Å². The second-order valence-corrected chi connectivity index (χ2v) is 12.4. The summed E-state index contributed by atoms with van der Waals surface area (Å²) in [5.41, 5.74) is 1.74. The first-order chi connectivity index (χ1) is 17.5. The Bertz CT molecular complexity index is 1140. The predicted octanol–water partition coefficient (Wildman–Crippen LogP) is 6.49. The molecule has 10 heteroatoms. The SMILES string of the molecule is CCOP(=O)(C[C@H]1O[C@H](c2cccc(OC)c2OC)c2cc(Cl)ccc2N(CC(C)(C)C)C1=O)OCC. The zero-order valence-corrected chi connectivity index (χ0v) is 24.2. The molecular formula is C27H37ClNO7P. The Kier molecular flexibility index (Phi) is 9.70. The molecule has 8 nitrogen and oxygen atoms in total. The third-order valence-electron chi connectivity index (χ3n) is 5.79. The molecular weight excluding hydrogens is 517 g/mol. The lowest BCUT2D eigenvalue weighted by molar-refractivity contribution is -0.130. The van der Waals surface area contributed by atoms with Crippen molar-refractivity contribution in [3.63, 3.8) is 0 Å². The van der Waals surface area contributed by atoms with Crippen molar-refractivity contribution in [3.8, 4) is 11.5 Å². The normalized spacial score (nSPS) is 18.4. The maximum atomic E-state index is 14.1. The zero-order chi connectivity index (χ0) is 27.4. The van der Waals surface area contributed by atoms with E-state index in [9.17, 15) is 9.36 Å². The molecule has 1 aliphatic rings. The fourth-order valence-corrected chi connectivity index (χ4v) is 6.33. The van der Waals surface area contributed by atoms with Gasteiger partial charge in [-0.25, -0.2) is 0 Å². The largest absolute Gasteiger partial charge is 0.493 e. The zero-order valence-electron chi connectivity index (χ0n) is 22.6. The maximum Gasteiger partial charge on any atom is 0.333 e. The molecule has 0 aliphatic carbocycles. The number of halogens is 1. The standard InChI is InChI=1S/C27H37ClNO7P/c1-8-34-37(31,35-9-2)16-23-26(30)29(17-27(3,4)5)21-14-13-18(28)15-20(21)24(36-23)19-11-10-12-22(32-6)25(19)33-7/h10-15,23-24H,8-9,16-17H2,1-7H3/t23-,24-/m1/s1. The van der Waals surface area contributed by atoms with Crippen LogP contribution in [0.1, 0.15) is 51.8 Å². The lowest BCUT2D eigenvalue weighted by atomic mass is 9.94. The summed E-state index contributed by atoms with van der Waals surface area (Å²) in [5, 5.41) is 0.491. The molecule has 1 amide bonds. The number of ether oxygens (including phenoxy) is 3. The first kappa shape index (κ1) is 29.5. The van der Waals surface area contributed by atoms with Crippen molar-refractivity contribution >= 4 is 30.8 Å². The lowest BCUT2D eigenvalue weighted by Gasteiger charge is -2.32. The van der Waals surface area contributed by atoms with Gasteiger partial charge in [-0.15, -0.1) is 0 Å². The molecule has 2 aromatic rings. The number of fused-ring (bicyclic) bond motifs is 1. The number of anilines is 1. The molecule has 2 aromatic carbocycles. The van der Waals surface area contributed by atoms with E-state index < -0.39 is 19.8 Å². The monoisotopic (exact) mass is 553 g/mol. The number of benzene rings is 2. The van der Waals surface area contributed by atoms with Crippen LogP contribution in [0.25, 0.3) is 0 Å². The Balaban J connectivity index is 2.26. The maximum absolute atomic E-state index is 14.1. The van der Waals surface area contributed by atoms with Crippen molar-refractivity contribution in [1.82, 2.24) is 0 Å². The first-order valence-electron chi connectivity index (χ1n) is 12.3. The number of hydrogen-bond acceptors (Lipinski definition) is 7. The van der Waals surface area contributed by atoms with Crippen molar-refractivity contribution in [1.29, 1.82) is 0 Å². The summed E-state index contributed by atoms with van der Waals surface area (Å²) in [6.45, 7) is 10.3. The van der Waals surface area contributed by atoms with Crippen LogP contribution in [-0.2, 0) is 23.1 Å². The van der Waals surface area contributed by atoms with E-state index in [-0.39, 0.29) is 30.7 Å². The second kappa shape index (κ2) is 12.2. The summed E-state index contributed by atoms with van der Waals surface area (Å²) in [6, 6.07) is 10.8. The smallest absolute Gasteiger partial charge is 0.333 e. The minimum Gasteiger partial charge on any atom is -0.493 e. The highest BCUT2D eigenvalue weighted by atomic mass is 35.5. The van der Waals surface area contributed by atoms with Crippen LogP contribution in [0.15, 0.2) is 36.4 Å². The number of hydrogen-bond donors (Lipinski definition) is 0. The van der Waals surface area contributed by atoms with Gasteiger partial charge in [0.15, 0.2) is 11.5 Å². The second-order valence-electron chi connectivity index (χ2n) is 9.90. The van der Waals surface area contributed by atoms with Crippen LogP contribution in [0.5, 0.6) is 11.5 Å². The summed E-state index contributed by atoms with van der Waals surface area (Å²) in [5.74, 6) is 0.650. The van der Waals surface area contributed by atoms with Gasteiger partial charge in [-0.2, -0.15) is 0 Å². The molecule has 3 rings (SSSR count). The quantitative estimate of drug-likeness (QED) is 0.311. The van der Waals surface area contributed by atoms with Gasteiger partial charge in [-0.1, -0.05) is 44.5 Å². The topological polar surface area (TPSA) is 83.5 Å². The molecule has 37 heavy (non-hydrogen) atoms. The van der Waals surface area contributed by atoms with Crippen molar-refractivity contribution in [2.45, 2.75) is 46.8 Å². The van der Waals surface area contributed by atoms with Crippen molar-refractivity contribution in [2.24, 2.45) is 5.41 Å². The van der Waals surface area contributed by atoms with Crippen LogP contribution in [0.3, 0.4) is 0 Å². The summed E-state index contributed by atoms with van der Waals surface area (Å²) in [4.78, 5) is 15.8. The molecule has 204 valence electrons. The summed E-state index contributed by atoms with van der Waals surface area (Å²) >= 11 is 6.46. The third kappa shape index (κ3) is 6.87. The van der Waals surface area contributed by atoms with Crippen LogP contribution < -0.4 is 14.4 Å². The molecule has 1 aliphatic heterocycles. The Morgan fingerprint density at radius 1 is 1.03 bits per heavy atom. The van der Waals surface area contributed by atoms with E-state index in [1.54, 1.807) is 51.2 Å². The van der Waals surface area contributed by atoms with E-state index in [1.165, 1.54) is 0 Å². The van der Waals surface area contributed by atoms with Crippen LogP contribution in [0, 0.1) is 5.41 Å². The number of para-hydroxylation sites is 1. The van der Waals surface area contributed by atoms with Crippen LogP contribution in [0.2, 0.25) is 5.02 Å². The van der Waals surface area contributed by atoms with Gasteiger partial charge in [0, 0.05) is 28.4 Å². The van der Waals surface area contributed by atoms with Crippen LogP contribution in [-0.4, -0.2) is 52.2 Å². The van der Waals surface area contributed by atoms with Gasteiger partial charge in [0.05, 0.1) is 33.6 Å². The molecule has 1 heterocycles. The summed E-state index contributed by atoms with van der Waals surface area (Å²) in [7, 11) is -0.534. The van der Waals surface area contributed by atoms with E-state index in [0.29, 0.717) is 39.9 Å². The average Bonchev–Trinajstić information content (AvgIpc) is 2.93. The molecule has 0 saturated carbocycles. The molecule has 0 N–H and O–H groups in total. The van der Waals surface area contributed by atoms with E-state index in [0.717, 1.165) is 0 Å². The number of amides is 1. The van der Waals surface area contributed by atoms with Crippen molar-refractivity contribution in [3.05, 3.63) is 52.5 Å². The Morgan fingerprint density at radius 2 is 1.70 bits per heavy atom. The first-order valence-corrected chi connectivity index (χ1v) is 14.4. The number of rotatable bonds is 10. The van der Waals surface area contributed by atoms with Gasteiger partial charge in [0.25, 0.3) is 5.91 Å². The molecule has 0 saturated heterocycles. The fourth-order valence-electron chi connectivity index (χ4n) is 4.43. The fraction of sp³-hybridized carbons (Fsp3) is 0.519. The van der Waals surface area contributed by atoms with Crippen molar-refractivity contribution in [2.75, 3.05) is 45.0 Å². The minimum absolute atomic E-state index is 0.173. The molecule has 0 bridgehead atoms. The lowest BCUT2D eigenvalue weighted by Crippen LogP contribution is -2.45. The molecule has 0 spiro atoms. The van der Waals surface area contributed by atoms with Gasteiger partial charge in [0.2, 0.25) is 0 Å². The Morgan fingerprint density at radius 3 is 2.27 bits per heavy atom. The van der Waals surface area contributed by atoms with E-state index in [2.05, 4.69) is 0 Å². The predicted molar refractivity (Wildman–Crippen MR) is 145 cm³/mol. The third-order valence-corrected chi connectivity index (χ3v) is 8.11. The highest BCUT2D eigenvalue weighted by Gasteiger charge is 2.43. The molecule has 0 radical (unpaired) electrons. The van der Waals surface area contributed by atoms with Gasteiger partial charge in [-0.05, 0) is 43.5 Å². The van der Waals surface area contributed by atoms with Gasteiger partial charge in [0.1, 0.15) is 12.2 Å². The Labute approximate surface area is 224 Å². The van der Waals surface area contributed by atoms with E-state index >= 15 is 0 Å². The minimum atomic E-state index is -3.63. The van der Waals surface area contributed by atoms with Crippen molar-refractivity contribution < 1.29 is 32.6 Å². The van der Waals surface area contributed by atoms with Gasteiger partial charge < -0.3 is 28.2 Å². The number of carbonyl (C=O) groups is 1. The van der Waals surface area contributed by atoms with Crippen LogP contribution in [0.4, 0.5) is 5.69 Å². The van der Waals surface area contributed by atoms with Gasteiger partial charge in [-0.3, -0.25) is 9.36 Å². The number of carbonyl (C=O) groups excluding carboxylic acids is 1. The summed E-state index contributed by atoms with van der Waals surface area (Å²) in [6.07, 6.45) is -2.15. The van der Waals surface area contributed by atoms with E-state index in [1.807, 2.05) is 39.0 Å². The van der Waals surface area contributed by atoms with Crippen LogP contribution >= 0.6 is 19.2 Å². The van der Waals surface area contributed by atoms with Gasteiger partial charge >= 0.3 is 7.60 Å². The average molecular weight is 554 g/mol. The Hall–Kier alpha value is -2.09. The molecule has 2 atom stereocenters.